The molecular weight excluding hydrogens is 202 g/mol. The summed E-state index contributed by atoms with van der Waals surface area (Å²) in [7, 11) is 0. The summed E-state index contributed by atoms with van der Waals surface area (Å²) < 4.78 is 5.58. The molecule has 0 spiro atoms. The van der Waals surface area contributed by atoms with Crippen molar-refractivity contribution in [2.75, 3.05) is 19.7 Å². The number of aliphatic hydroxyl groups is 1. The molecule has 0 radical (unpaired) electrons. The summed E-state index contributed by atoms with van der Waals surface area (Å²) in [5, 5.41) is 12.3. The van der Waals surface area contributed by atoms with Crippen LogP contribution in [-0.2, 0) is 6.61 Å². The quantitative estimate of drug-likeness (QED) is 0.662. The van der Waals surface area contributed by atoms with Crippen LogP contribution in [0.25, 0.3) is 0 Å². The van der Waals surface area contributed by atoms with E-state index in [2.05, 4.69) is 12.2 Å². The number of nitrogens with one attached hydrogen (secondary N) is 1. The van der Waals surface area contributed by atoms with E-state index in [1.54, 1.807) is 0 Å². The average Bonchev–Trinajstić information content (AvgIpc) is 2.34. The molecule has 1 rings (SSSR count). The first-order chi connectivity index (χ1) is 7.86. The number of hydrogen-bond donors (Lipinski definition) is 2. The minimum atomic E-state index is 0.0647. The summed E-state index contributed by atoms with van der Waals surface area (Å²) in [6.07, 6.45) is 2.17. The zero-order valence-corrected chi connectivity index (χ0v) is 9.91. The molecule has 2 N–H and O–H groups in total. The Hall–Kier alpha value is -1.06. The molecule has 90 valence electrons. The second-order valence-electron chi connectivity index (χ2n) is 3.76. The molecular formula is C13H21NO2. The molecule has 0 amide bonds. The molecule has 0 heterocycles. The van der Waals surface area contributed by atoms with Crippen LogP contribution in [0.1, 0.15) is 25.3 Å². The number of aliphatic hydroxyl groups excluding tert-OH is 1. The molecule has 0 aliphatic rings. The van der Waals surface area contributed by atoms with E-state index in [4.69, 9.17) is 9.84 Å². The van der Waals surface area contributed by atoms with Gasteiger partial charge in [-0.15, -0.1) is 0 Å². The molecule has 0 aliphatic heterocycles. The van der Waals surface area contributed by atoms with Crippen LogP contribution < -0.4 is 10.1 Å². The van der Waals surface area contributed by atoms with Crippen LogP contribution in [-0.4, -0.2) is 24.8 Å². The van der Waals surface area contributed by atoms with E-state index >= 15 is 0 Å². The van der Waals surface area contributed by atoms with Gasteiger partial charge in [-0.05, 0) is 43.6 Å². The first-order valence-corrected chi connectivity index (χ1v) is 5.90. The molecule has 0 atom stereocenters. The third-order valence-corrected chi connectivity index (χ3v) is 2.27. The standard InChI is InChI=1S/C13H21NO2/c1-2-7-14-8-4-9-16-13-6-3-5-12(10-13)11-15/h3,5-6,10,14-15H,2,4,7-9,11H2,1H3. The van der Waals surface area contributed by atoms with E-state index in [9.17, 15) is 0 Å². The summed E-state index contributed by atoms with van der Waals surface area (Å²) in [6.45, 7) is 5.00. The fraction of sp³-hybridized carbons (Fsp3) is 0.538. The summed E-state index contributed by atoms with van der Waals surface area (Å²) in [6, 6.07) is 7.57. The van der Waals surface area contributed by atoms with Crippen LogP contribution in [0, 0.1) is 0 Å². The van der Waals surface area contributed by atoms with Crippen molar-refractivity contribution in [3.63, 3.8) is 0 Å². The van der Waals surface area contributed by atoms with E-state index in [1.807, 2.05) is 24.3 Å². The third-order valence-electron chi connectivity index (χ3n) is 2.27. The number of ether oxygens (including phenoxy) is 1. The first-order valence-electron chi connectivity index (χ1n) is 5.90. The molecule has 1 aromatic rings. The van der Waals surface area contributed by atoms with E-state index < -0.39 is 0 Å². The van der Waals surface area contributed by atoms with Crippen molar-refractivity contribution in [2.24, 2.45) is 0 Å². The summed E-state index contributed by atoms with van der Waals surface area (Å²) in [5.41, 5.74) is 0.890. The molecule has 0 bridgehead atoms. The number of rotatable bonds is 8. The van der Waals surface area contributed by atoms with Crippen molar-refractivity contribution in [3.05, 3.63) is 29.8 Å². The second-order valence-corrected chi connectivity index (χ2v) is 3.76. The maximum absolute atomic E-state index is 8.97. The van der Waals surface area contributed by atoms with E-state index in [-0.39, 0.29) is 6.61 Å². The fourth-order valence-electron chi connectivity index (χ4n) is 1.42. The maximum Gasteiger partial charge on any atom is 0.119 e. The van der Waals surface area contributed by atoms with Crippen LogP contribution >= 0.6 is 0 Å². The lowest BCUT2D eigenvalue weighted by Crippen LogP contribution is -2.18. The largest absolute Gasteiger partial charge is 0.494 e. The summed E-state index contributed by atoms with van der Waals surface area (Å²) in [4.78, 5) is 0. The second kappa shape index (κ2) is 8.13. The maximum atomic E-state index is 8.97. The van der Waals surface area contributed by atoms with Gasteiger partial charge >= 0.3 is 0 Å². The third kappa shape index (κ3) is 5.14. The monoisotopic (exact) mass is 223 g/mol. The van der Waals surface area contributed by atoms with Crippen LogP contribution in [0.4, 0.5) is 0 Å². The van der Waals surface area contributed by atoms with E-state index in [0.717, 1.165) is 30.8 Å². The molecule has 0 aromatic heterocycles. The van der Waals surface area contributed by atoms with Gasteiger partial charge in [0.15, 0.2) is 0 Å². The minimum absolute atomic E-state index is 0.0647. The van der Waals surface area contributed by atoms with Gasteiger partial charge in [-0.25, -0.2) is 0 Å². The van der Waals surface area contributed by atoms with Crippen molar-refractivity contribution in [2.45, 2.75) is 26.4 Å². The van der Waals surface area contributed by atoms with Crippen molar-refractivity contribution < 1.29 is 9.84 Å². The molecule has 0 unspecified atom stereocenters. The lowest BCUT2D eigenvalue weighted by Gasteiger charge is -2.07. The van der Waals surface area contributed by atoms with Gasteiger partial charge in [0.2, 0.25) is 0 Å². The Bertz CT molecular complexity index is 289. The van der Waals surface area contributed by atoms with Gasteiger partial charge in [0.25, 0.3) is 0 Å². The van der Waals surface area contributed by atoms with Gasteiger partial charge in [-0.1, -0.05) is 19.1 Å². The molecule has 0 saturated carbocycles. The molecule has 0 saturated heterocycles. The summed E-state index contributed by atoms with van der Waals surface area (Å²) >= 11 is 0. The normalized spacial score (nSPS) is 10.4. The van der Waals surface area contributed by atoms with Crippen LogP contribution in [0.15, 0.2) is 24.3 Å². The molecule has 3 nitrogen and oxygen atoms in total. The lowest BCUT2D eigenvalue weighted by atomic mass is 10.2. The Morgan fingerprint density at radius 1 is 1.31 bits per heavy atom. The Morgan fingerprint density at radius 3 is 2.94 bits per heavy atom. The van der Waals surface area contributed by atoms with Crippen molar-refractivity contribution >= 4 is 0 Å². The van der Waals surface area contributed by atoms with E-state index in [0.29, 0.717) is 6.61 Å². The van der Waals surface area contributed by atoms with Gasteiger partial charge < -0.3 is 15.2 Å². The zero-order chi connectivity index (χ0) is 11.6. The van der Waals surface area contributed by atoms with Crippen molar-refractivity contribution in [1.29, 1.82) is 0 Å². The highest BCUT2D eigenvalue weighted by molar-refractivity contribution is 5.27. The number of hydrogen-bond acceptors (Lipinski definition) is 3. The molecule has 3 heteroatoms. The Morgan fingerprint density at radius 2 is 2.19 bits per heavy atom. The molecule has 0 fully saturated rings. The van der Waals surface area contributed by atoms with Gasteiger partial charge in [0.1, 0.15) is 5.75 Å². The highest BCUT2D eigenvalue weighted by Crippen LogP contribution is 2.13. The van der Waals surface area contributed by atoms with Gasteiger partial charge in [0.05, 0.1) is 13.2 Å². The Balaban J connectivity index is 2.16. The van der Waals surface area contributed by atoms with Gasteiger partial charge in [0, 0.05) is 0 Å². The highest BCUT2D eigenvalue weighted by Gasteiger charge is 1.95. The average molecular weight is 223 g/mol. The fourth-order valence-corrected chi connectivity index (χ4v) is 1.42. The van der Waals surface area contributed by atoms with Crippen molar-refractivity contribution in [1.82, 2.24) is 5.32 Å². The number of benzene rings is 1. The molecule has 0 aliphatic carbocycles. The van der Waals surface area contributed by atoms with Gasteiger partial charge in [-0.3, -0.25) is 0 Å². The highest BCUT2D eigenvalue weighted by atomic mass is 16.5. The topological polar surface area (TPSA) is 41.5 Å². The predicted octanol–water partition coefficient (Wildman–Crippen LogP) is 1.95. The molecule has 16 heavy (non-hydrogen) atoms. The Kier molecular flexibility index (Phi) is 6.61. The van der Waals surface area contributed by atoms with Crippen LogP contribution in [0.2, 0.25) is 0 Å². The SMILES string of the molecule is CCCNCCCOc1cccc(CO)c1. The summed E-state index contributed by atoms with van der Waals surface area (Å²) in [5.74, 6) is 0.835. The smallest absolute Gasteiger partial charge is 0.119 e. The van der Waals surface area contributed by atoms with E-state index in [1.165, 1.54) is 6.42 Å². The molecule has 1 aromatic carbocycles. The first kappa shape index (κ1) is 13.0. The lowest BCUT2D eigenvalue weighted by molar-refractivity contribution is 0.278. The predicted molar refractivity (Wildman–Crippen MR) is 65.6 cm³/mol. The van der Waals surface area contributed by atoms with Gasteiger partial charge in [-0.2, -0.15) is 0 Å². The Labute approximate surface area is 97.4 Å². The van der Waals surface area contributed by atoms with Crippen molar-refractivity contribution in [3.8, 4) is 5.75 Å². The van der Waals surface area contributed by atoms with Crippen LogP contribution in [0.3, 0.4) is 0 Å². The minimum Gasteiger partial charge on any atom is -0.494 e. The zero-order valence-electron chi connectivity index (χ0n) is 9.91. The van der Waals surface area contributed by atoms with Crippen LogP contribution in [0.5, 0.6) is 5.75 Å².